The summed E-state index contributed by atoms with van der Waals surface area (Å²) in [5.74, 6) is 0.0406. The maximum atomic E-state index is 12.0. The summed E-state index contributed by atoms with van der Waals surface area (Å²) in [6.45, 7) is 4.80. The number of carbonyl (C=O) groups is 1. The van der Waals surface area contributed by atoms with Crippen molar-refractivity contribution in [2.45, 2.75) is 6.42 Å². The van der Waals surface area contributed by atoms with Crippen molar-refractivity contribution in [3.8, 4) is 0 Å². The van der Waals surface area contributed by atoms with E-state index in [-0.39, 0.29) is 36.3 Å². The summed E-state index contributed by atoms with van der Waals surface area (Å²) < 4.78 is 0. The van der Waals surface area contributed by atoms with E-state index in [1.54, 1.807) is 0 Å². The smallest absolute Gasteiger partial charge is 0.269 e. The Morgan fingerprint density at radius 2 is 1.68 bits per heavy atom. The summed E-state index contributed by atoms with van der Waals surface area (Å²) in [5, 5.41) is 10.6. The van der Waals surface area contributed by atoms with Crippen LogP contribution in [0.15, 0.2) is 24.3 Å². The van der Waals surface area contributed by atoms with Crippen molar-refractivity contribution >= 4 is 36.3 Å². The van der Waals surface area contributed by atoms with E-state index in [2.05, 4.69) is 16.8 Å². The second-order valence-corrected chi connectivity index (χ2v) is 5.12. The normalized spacial score (nSPS) is 15.5. The first-order valence-electron chi connectivity index (χ1n) is 6.75. The molecule has 22 heavy (non-hydrogen) atoms. The zero-order chi connectivity index (χ0) is 14.5. The standard InChI is InChI=1S/C14H19N3O3.2ClH/c1-15-8-10-16(11-9-15)7-6-14(18)12-2-4-13(5-3-12)17(19)20;;/h2-5H,6-11H2,1H3;2*1H. The van der Waals surface area contributed by atoms with Crippen LogP contribution >= 0.6 is 24.8 Å². The highest BCUT2D eigenvalue weighted by atomic mass is 35.5. The lowest BCUT2D eigenvalue weighted by Gasteiger charge is -2.32. The maximum absolute atomic E-state index is 12.0. The summed E-state index contributed by atoms with van der Waals surface area (Å²) in [6, 6.07) is 5.82. The Balaban J connectivity index is 0.00000220. The predicted octanol–water partition coefficient (Wildman–Crippen LogP) is 2.26. The number of hydrogen-bond donors (Lipinski definition) is 0. The summed E-state index contributed by atoms with van der Waals surface area (Å²) in [5.41, 5.74) is 0.561. The van der Waals surface area contributed by atoms with Crippen LogP contribution in [-0.4, -0.2) is 60.3 Å². The number of rotatable bonds is 5. The number of non-ortho nitro benzene ring substituents is 1. The number of piperazine rings is 1. The van der Waals surface area contributed by atoms with Crippen LogP contribution in [0.4, 0.5) is 5.69 Å². The predicted molar refractivity (Wildman–Crippen MR) is 90.5 cm³/mol. The van der Waals surface area contributed by atoms with Gasteiger partial charge in [-0.1, -0.05) is 0 Å². The number of nitro groups is 1. The van der Waals surface area contributed by atoms with Crippen molar-refractivity contribution in [3.05, 3.63) is 39.9 Å². The quantitative estimate of drug-likeness (QED) is 0.463. The third-order valence-electron chi connectivity index (χ3n) is 3.65. The molecule has 1 fully saturated rings. The number of nitrogens with zero attached hydrogens (tertiary/aromatic N) is 3. The highest BCUT2D eigenvalue weighted by Crippen LogP contribution is 2.13. The van der Waals surface area contributed by atoms with Crippen LogP contribution < -0.4 is 0 Å². The zero-order valence-corrected chi connectivity index (χ0v) is 14.1. The molecule has 1 heterocycles. The third kappa shape index (κ3) is 5.88. The fraction of sp³-hybridized carbons (Fsp3) is 0.500. The van der Waals surface area contributed by atoms with Gasteiger partial charge in [0.05, 0.1) is 4.92 Å². The number of likely N-dealkylation sites (N-methyl/N-ethyl adjacent to an activating group) is 1. The van der Waals surface area contributed by atoms with E-state index in [9.17, 15) is 14.9 Å². The fourth-order valence-corrected chi connectivity index (χ4v) is 2.24. The Morgan fingerprint density at radius 1 is 1.14 bits per heavy atom. The molecule has 0 aromatic heterocycles. The number of carbonyl (C=O) groups excluding carboxylic acids is 1. The largest absolute Gasteiger partial charge is 0.304 e. The van der Waals surface area contributed by atoms with Crippen molar-refractivity contribution in [3.63, 3.8) is 0 Å². The van der Waals surface area contributed by atoms with E-state index in [1.165, 1.54) is 24.3 Å². The van der Waals surface area contributed by atoms with E-state index < -0.39 is 4.92 Å². The molecular weight excluding hydrogens is 329 g/mol. The summed E-state index contributed by atoms with van der Waals surface area (Å²) >= 11 is 0. The van der Waals surface area contributed by atoms with Crippen LogP contribution in [0.25, 0.3) is 0 Å². The number of halogens is 2. The molecule has 0 aliphatic carbocycles. The highest BCUT2D eigenvalue weighted by Gasteiger charge is 2.15. The van der Waals surface area contributed by atoms with Gasteiger partial charge in [-0.25, -0.2) is 0 Å². The first-order chi connectivity index (χ1) is 9.56. The molecule has 124 valence electrons. The second kappa shape index (κ2) is 9.74. The van der Waals surface area contributed by atoms with Crippen molar-refractivity contribution in [2.24, 2.45) is 0 Å². The number of Topliss-reactive ketones (excluding diaryl/α,β-unsaturated/α-hetero) is 1. The van der Waals surface area contributed by atoms with Gasteiger partial charge in [-0.2, -0.15) is 0 Å². The maximum Gasteiger partial charge on any atom is 0.269 e. The van der Waals surface area contributed by atoms with Crippen LogP contribution in [-0.2, 0) is 0 Å². The molecule has 0 spiro atoms. The Hall–Kier alpha value is -1.21. The van der Waals surface area contributed by atoms with Gasteiger partial charge in [0.25, 0.3) is 5.69 Å². The van der Waals surface area contributed by atoms with Gasteiger partial charge in [0.1, 0.15) is 0 Å². The van der Waals surface area contributed by atoms with E-state index in [0.717, 1.165) is 32.7 Å². The van der Waals surface area contributed by atoms with Crippen LogP contribution in [0.1, 0.15) is 16.8 Å². The minimum absolute atomic E-state index is 0. The van der Waals surface area contributed by atoms with Crippen molar-refractivity contribution in [1.29, 1.82) is 0 Å². The Bertz CT molecular complexity index is 489. The minimum atomic E-state index is -0.460. The monoisotopic (exact) mass is 349 g/mol. The van der Waals surface area contributed by atoms with Crippen LogP contribution in [0.3, 0.4) is 0 Å². The fourth-order valence-electron chi connectivity index (χ4n) is 2.24. The molecule has 1 aromatic rings. The minimum Gasteiger partial charge on any atom is -0.304 e. The lowest BCUT2D eigenvalue weighted by molar-refractivity contribution is -0.384. The molecule has 0 N–H and O–H groups in total. The molecule has 0 unspecified atom stereocenters. The molecule has 8 heteroatoms. The Labute approximate surface area is 142 Å². The molecule has 0 radical (unpaired) electrons. The zero-order valence-electron chi connectivity index (χ0n) is 12.4. The summed E-state index contributed by atoms with van der Waals surface area (Å²) in [4.78, 5) is 26.7. The van der Waals surface area contributed by atoms with E-state index >= 15 is 0 Å². The third-order valence-corrected chi connectivity index (χ3v) is 3.65. The van der Waals surface area contributed by atoms with Crippen molar-refractivity contribution < 1.29 is 9.72 Å². The van der Waals surface area contributed by atoms with Gasteiger partial charge in [0.2, 0.25) is 0 Å². The van der Waals surface area contributed by atoms with E-state index in [1.807, 2.05) is 0 Å². The van der Waals surface area contributed by atoms with E-state index in [4.69, 9.17) is 0 Å². The van der Waals surface area contributed by atoms with Gasteiger partial charge in [0, 0.05) is 56.8 Å². The van der Waals surface area contributed by atoms with Crippen LogP contribution in [0, 0.1) is 10.1 Å². The van der Waals surface area contributed by atoms with Gasteiger partial charge >= 0.3 is 0 Å². The molecule has 1 aliphatic rings. The van der Waals surface area contributed by atoms with Gasteiger partial charge in [-0.15, -0.1) is 24.8 Å². The SMILES string of the molecule is CN1CCN(CCC(=O)c2ccc([N+](=O)[O-])cc2)CC1.Cl.Cl. The van der Waals surface area contributed by atoms with Gasteiger partial charge in [-0.3, -0.25) is 14.9 Å². The summed E-state index contributed by atoms with van der Waals surface area (Å²) in [7, 11) is 2.10. The number of hydrogen-bond acceptors (Lipinski definition) is 5. The summed E-state index contributed by atoms with van der Waals surface area (Å²) in [6.07, 6.45) is 0.460. The van der Waals surface area contributed by atoms with Crippen molar-refractivity contribution in [2.75, 3.05) is 39.8 Å². The molecule has 0 bridgehead atoms. The number of ketones is 1. The number of nitro benzene ring substituents is 1. The molecule has 0 saturated carbocycles. The van der Waals surface area contributed by atoms with Gasteiger partial charge in [-0.05, 0) is 19.2 Å². The topological polar surface area (TPSA) is 66.7 Å². The number of benzene rings is 1. The van der Waals surface area contributed by atoms with Crippen LogP contribution in [0.5, 0.6) is 0 Å². The van der Waals surface area contributed by atoms with Crippen LogP contribution in [0.2, 0.25) is 0 Å². The molecule has 0 atom stereocenters. The Kier molecular flexibility index (Phi) is 9.20. The molecular formula is C14H21Cl2N3O3. The molecule has 0 amide bonds. The first kappa shape index (κ1) is 20.8. The second-order valence-electron chi connectivity index (χ2n) is 5.12. The van der Waals surface area contributed by atoms with Crippen molar-refractivity contribution in [1.82, 2.24) is 9.80 Å². The lowest BCUT2D eigenvalue weighted by Crippen LogP contribution is -2.45. The molecule has 1 aromatic carbocycles. The molecule has 1 saturated heterocycles. The van der Waals surface area contributed by atoms with Gasteiger partial charge < -0.3 is 9.80 Å². The lowest BCUT2D eigenvalue weighted by atomic mass is 10.1. The first-order valence-corrected chi connectivity index (χ1v) is 6.75. The van der Waals surface area contributed by atoms with Gasteiger partial charge in [0.15, 0.2) is 5.78 Å². The Morgan fingerprint density at radius 3 is 2.18 bits per heavy atom. The molecule has 2 rings (SSSR count). The average molecular weight is 350 g/mol. The van der Waals surface area contributed by atoms with E-state index in [0.29, 0.717) is 12.0 Å². The molecule has 1 aliphatic heterocycles. The highest BCUT2D eigenvalue weighted by molar-refractivity contribution is 5.96. The molecule has 6 nitrogen and oxygen atoms in total. The average Bonchev–Trinajstić information content (AvgIpc) is 2.46.